The maximum atomic E-state index is 12.5. The van der Waals surface area contributed by atoms with Crippen LogP contribution in [0.4, 0.5) is 4.39 Å². The van der Waals surface area contributed by atoms with Gasteiger partial charge in [0.2, 0.25) is 5.24 Å². The van der Waals surface area contributed by atoms with E-state index in [1.807, 2.05) is 0 Å². The van der Waals surface area contributed by atoms with Crippen LogP contribution in [-0.4, -0.2) is 11.8 Å². The Bertz CT molecular complexity index is 311. The molecule has 0 aliphatic rings. The predicted octanol–water partition coefficient (Wildman–Crippen LogP) is 3.14. The zero-order valence-corrected chi connectivity index (χ0v) is 8.97. The lowest BCUT2D eigenvalue weighted by molar-refractivity contribution is -0.111. The molecule has 0 saturated heterocycles. The first-order valence-corrected chi connectivity index (χ1v) is 5.13. The van der Waals surface area contributed by atoms with Gasteiger partial charge in [0.15, 0.2) is 0 Å². The minimum atomic E-state index is -0.322. The molecule has 82 valence electrons. The van der Waals surface area contributed by atoms with Crippen molar-refractivity contribution >= 4 is 16.8 Å². The van der Waals surface area contributed by atoms with E-state index in [9.17, 15) is 9.18 Å². The van der Waals surface area contributed by atoms with Gasteiger partial charge in [0, 0.05) is 6.42 Å². The molecule has 1 rings (SSSR count). The molecule has 15 heavy (non-hydrogen) atoms. The SMILES string of the molecule is O=C(Cl)CCCCOc1ccc(F)cc1. The maximum Gasteiger partial charge on any atom is 0.221 e. The molecule has 0 aromatic heterocycles. The summed E-state index contributed by atoms with van der Waals surface area (Å²) in [7, 11) is 0. The third-order valence-corrected chi connectivity index (χ3v) is 2.04. The normalized spacial score (nSPS) is 10.0. The van der Waals surface area contributed by atoms with Crippen LogP contribution >= 0.6 is 11.6 Å². The molecule has 1 aromatic rings. The van der Waals surface area contributed by atoms with Crippen molar-refractivity contribution < 1.29 is 13.9 Å². The van der Waals surface area contributed by atoms with Gasteiger partial charge < -0.3 is 4.74 Å². The minimum absolute atomic E-state index is 0.282. The zero-order valence-electron chi connectivity index (χ0n) is 8.21. The van der Waals surface area contributed by atoms with E-state index in [2.05, 4.69) is 0 Å². The Morgan fingerprint density at radius 3 is 2.53 bits per heavy atom. The fraction of sp³-hybridized carbons (Fsp3) is 0.364. The van der Waals surface area contributed by atoms with Crippen LogP contribution in [0.25, 0.3) is 0 Å². The Labute approximate surface area is 93.0 Å². The van der Waals surface area contributed by atoms with Crippen molar-refractivity contribution in [1.82, 2.24) is 0 Å². The third kappa shape index (κ3) is 5.37. The molecule has 0 saturated carbocycles. The minimum Gasteiger partial charge on any atom is -0.494 e. The molecule has 4 heteroatoms. The van der Waals surface area contributed by atoms with Crippen molar-refractivity contribution in [3.05, 3.63) is 30.1 Å². The molecule has 0 fully saturated rings. The van der Waals surface area contributed by atoms with E-state index in [-0.39, 0.29) is 11.1 Å². The van der Waals surface area contributed by atoms with E-state index < -0.39 is 0 Å². The number of benzene rings is 1. The number of hydrogen-bond acceptors (Lipinski definition) is 2. The fourth-order valence-electron chi connectivity index (χ4n) is 1.09. The van der Waals surface area contributed by atoms with Gasteiger partial charge in [0.05, 0.1) is 6.61 Å². The number of carbonyl (C=O) groups is 1. The number of carbonyl (C=O) groups excluding carboxylic acids is 1. The maximum absolute atomic E-state index is 12.5. The Kier molecular flexibility index (Phi) is 5.12. The van der Waals surface area contributed by atoms with Gasteiger partial charge >= 0.3 is 0 Å². The third-order valence-electron chi connectivity index (χ3n) is 1.85. The number of halogens is 2. The van der Waals surface area contributed by atoms with Crippen LogP contribution < -0.4 is 4.74 Å². The fourth-order valence-corrected chi connectivity index (χ4v) is 1.22. The topological polar surface area (TPSA) is 26.3 Å². The summed E-state index contributed by atoms with van der Waals surface area (Å²) in [6.45, 7) is 0.510. The monoisotopic (exact) mass is 230 g/mol. The standard InChI is InChI=1S/C11H12ClFO2/c12-11(14)3-1-2-8-15-10-6-4-9(13)5-7-10/h4-7H,1-3,8H2. The van der Waals surface area contributed by atoms with Gasteiger partial charge in [-0.3, -0.25) is 4.79 Å². The van der Waals surface area contributed by atoms with Crippen molar-refractivity contribution in [3.63, 3.8) is 0 Å². The molecule has 0 heterocycles. The smallest absolute Gasteiger partial charge is 0.221 e. The molecule has 0 aliphatic heterocycles. The Morgan fingerprint density at radius 1 is 1.27 bits per heavy atom. The summed E-state index contributed by atoms with van der Waals surface area (Å²) < 4.78 is 17.8. The number of hydrogen-bond donors (Lipinski definition) is 0. The van der Waals surface area contributed by atoms with E-state index >= 15 is 0 Å². The van der Waals surface area contributed by atoms with Gasteiger partial charge in [-0.25, -0.2) is 4.39 Å². The summed E-state index contributed by atoms with van der Waals surface area (Å²) in [5.41, 5.74) is 0. The molecule has 0 aliphatic carbocycles. The number of unbranched alkanes of at least 4 members (excludes halogenated alkanes) is 1. The molecule has 0 bridgehead atoms. The summed E-state index contributed by atoms with van der Waals surface area (Å²) in [4.78, 5) is 10.4. The lowest BCUT2D eigenvalue weighted by atomic mass is 10.2. The van der Waals surface area contributed by atoms with Crippen molar-refractivity contribution in [1.29, 1.82) is 0 Å². The molecular weight excluding hydrogens is 219 g/mol. The van der Waals surface area contributed by atoms with Crippen molar-refractivity contribution in [2.24, 2.45) is 0 Å². The summed E-state index contributed by atoms with van der Waals surface area (Å²) >= 11 is 5.17. The Balaban J connectivity index is 2.15. The Hall–Kier alpha value is -1.09. The highest BCUT2D eigenvalue weighted by atomic mass is 35.5. The van der Waals surface area contributed by atoms with Gasteiger partial charge in [-0.2, -0.15) is 0 Å². The summed E-state index contributed by atoms with van der Waals surface area (Å²) in [6.07, 6.45) is 1.84. The van der Waals surface area contributed by atoms with Crippen LogP contribution in [-0.2, 0) is 4.79 Å². The molecule has 2 nitrogen and oxygen atoms in total. The molecule has 0 radical (unpaired) electrons. The van der Waals surface area contributed by atoms with Crippen molar-refractivity contribution in [2.75, 3.05) is 6.61 Å². The molecular formula is C11H12ClFO2. The quantitative estimate of drug-likeness (QED) is 0.554. The van der Waals surface area contributed by atoms with Crippen LogP contribution in [0.1, 0.15) is 19.3 Å². The first-order valence-electron chi connectivity index (χ1n) is 4.75. The highest BCUT2D eigenvalue weighted by Crippen LogP contribution is 2.11. The highest BCUT2D eigenvalue weighted by molar-refractivity contribution is 6.63. The summed E-state index contributed by atoms with van der Waals surface area (Å²) in [5, 5.41) is -0.322. The first kappa shape index (κ1) is 12.0. The molecule has 0 unspecified atom stereocenters. The number of rotatable bonds is 6. The van der Waals surface area contributed by atoms with Crippen LogP contribution in [0.5, 0.6) is 5.75 Å². The second-order valence-electron chi connectivity index (χ2n) is 3.11. The van der Waals surface area contributed by atoms with E-state index in [0.29, 0.717) is 25.2 Å². The second kappa shape index (κ2) is 6.40. The predicted molar refractivity (Wildman–Crippen MR) is 56.6 cm³/mol. The summed E-state index contributed by atoms with van der Waals surface area (Å²) in [5.74, 6) is 0.351. The van der Waals surface area contributed by atoms with Crippen LogP contribution in [0.15, 0.2) is 24.3 Å². The van der Waals surface area contributed by atoms with Gasteiger partial charge in [-0.1, -0.05) is 0 Å². The lowest BCUT2D eigenvalue weighted by Gasteiger charge is -2.04. The summed E-state index contributed by atoms with van der Waals surface area (Å²) in [6, 6.07) is 5.83. The van der Waals surface area contributed by atoms with E-state index in [4.69, 9.17) is 16.3 Å². The van der Waals surface area contributed by atoms with Crippen LogP contribution in [0, 0.1) is 5.82 Å². The van der Waals surface area contributed by atoms with E-state index in [0.717, 1.165) is 6.42 Å². The molecule has 0 atom stereocenters. The van der Waals surface area contributed by atoms with Crippen molar-refractivity contribution in [2.45, 2.75) is 19.3 Å². The zero-order chi connectivity index (χ0) is 11.1. The van der Waals surface area contributed by atoms with E-state index in [1.165, 1.54) is 12.1 Å². The largest absolute Gasteiger partial charge is 0.494 e. The molecule has 1 aromatic carbocycles. The average Bonchev–Trinajstić information content (AvgIpc) is 2.20. The first-order chi connectivity index (χ1) is 7.18. The molecule has 0 amide bonds. The van der Waals surface area contributed by atoms with Crippen LogP contribution in [0.3, 0.4) is 0 Å². The van der Waals surface area contributed by atoms with Gasteiger partial charge in [-0.15, -0.1) is 0 Å². The van der Waals surface area contributed by atoms with Gasteiger partial charge in [0.25, 0.3) is 0 Å². The second-order valence-corrected chi connectivity index (χ2v) is 3.54. The van der Waals surface area contributed by atoms with Crippen molar-refractivity contribution in [3.8, 4) is 5.75 Å². The molecule has 0 spiro atoms. The van der Waals surface area contributed by atoms with E-state index in [1.54, 1.807) is 12.1 Å². The average molecular weight is 231 g/mol. The van der Waals surface area contributed by atoms with Crippen LogP contribution in [0.2, 0.25) is 0 Å². The van der Waals surface area contributed by atoms with Gasteiger partial charge in [0.1, 0.15) is 11.6 Å². The highest BCUT2D eigenvalue weighted by Gasteiger charge is 1.97. The Morgan fingerprint density at radius 2 is 1.93 bits per heavy atom. The lowest BCUT2D eigenvalue weighted by Crippen LogP contribution is -1.98. The van der Waals surface area contributed by atoms with Gasteiger partial charge in [-0.05, 0) is 48.7 Å². The molecule has 0 N–H and O–H groups in total. The number of ether oxygens (including phenoxy) is 1.